The van der Waals surface area contributed by atoms with Gasteiger partial charge in [-0.1, -0.05) is 11.6 Å². The molecular weight excluding hydrogens is 479 g/mol. The molecular formula is C28H32ClFN4O2. The van der Waals surface area contributed by atoms with Crippen molar-refractivity contribution in [1.29, 1.82) is 0 Å². The number of ketones is 1. The van der Waals surface area contributed by atoms with Crippen molar-refractivity contribution < 1.29 is 14.0 Å². The Morgan fingerprint density at radius 3 is 2.75 bits per heavy atom. The van der Waals surface area contributed by atoms with Gasteiger partial charge in [0.1, 0.15) is 11.6 Å². The molecule has 2 aromatic heterocycles. The van der Waals surface area contributed by atoms with Crippen LogP contribution in [0.2, 0.25) is 5.02 Å². The van der Waals surface area contributed by atoms with Gasteiger partial charge in [-0.05, 0) is 68.8 Å². The first-order chi connectivity index (χ1) is 17.2. The third-order valence-corrected chi connectivity index (χ3v) is 8.00. The van der Waals surface area contributed by atoms with Crippen molar-refractivity contribution in [3.8, 4) is 5.69 Å². The van der Waals surface area contributed by atoms with Gasteiger partial charge in [0.15, 0.2) is 0 Å². The molecule has 8 heteroatoms. The number of rotatable bonds is 7. The van der Waals surface area contributed by atoms with E-state index in [0.29, 0.717) is 33.9 Å². The van der Waals surface area contributed by atoms with Crippen LogP contribution < -0.4 is 0 Å². The van der Waals surface area contributed by atoms with Crippen molar-refractivity contribution in [1.82, 2.24) is 19.4 Å². The molecule has 36 heavy (non-hydrogen) atoms. The first-order valence-electron chi connectivity index (χ1n) is 12.7. The quantitative estimate of drug-likeness (QED) is 0.441. The summed E-state index contributed by atoms with van der Waals surface area (Å²) < 4.78 is 16.2. The van der Waals surface area contributed by atoms with Gasteiger partial charge in [0.2, 0.25) is 0 Å². The first-order valence-corrected chi connectivity index (χ1v) is 13.0. The number of fused-ring (bicyclic) bond motifs is 1. The fourth-order valence-corrected chi connectivity index (χ4v) is 5.79. The Kier molecular flexibility index (Phi) is 6.88. The second-order valence-corrected chi connectivity index (χ2v) is 11.0. The smallest absolute Gasteiger partial charge is 0.256 e. The lowest BCUT2D eigenvalue weighted by Crippen LogP contribution is -2.35. The summed E-state index contributed by atoms with van der Waals surface area (Å²) in [5, 5.41) is 1.49. The number of carbonyl (C=O) groups is 2. The van der Waals surface area contributed by atoms with Gasteiger partial charge in [0.05, 0.1) is 28.0 Å². The highest BCUT2D eigenvalue weighted by atomic mass is 35.5. The van der Waals surface area contributed by atoms with Crippen molar-refractivity contribution in [2.24, 2.45) is 11.8 Å². The van der Waals surface area contributed by atoms with E-state index in [4.69, 9.17) is 11.6 Å². The summed E-state index contributed by atoms with van der Waals surface area (Å²) in [4.78, 5) is 33.0. The molecule has 1 saturated heterocycles. The lowest BCUT2D eigenvalue weighted by Gasteiger charge is -2.28. The van der Waals surface area contributed by atoms with Crippen LogP contribution in [0.5, 0.6) is 0 Å². The molecule has 3 aromatic rings. The fourth-order valence-electron chi connectivity index (χ4n) is 5.52. The van der Waals surface area contributed by atoms with Gasteiger partial charge in [-0.2, -0.15) is 0 Å². The molecule has 1 saturated carbocycles. The summed E-state index contributed by atoms with van der Waals surface area (Å²) in [6.45, 7) is 6.90. The van der Waals surface area contributed by atoms with E-state index in [9.17, 15) is 14.0 Å². The topological polar surface area (TPSA) is 58.4 Å². The van der Waals surface area contributed by atoms with Crippen molar-refractivity contribution in [2.75, 3.05) is 26.7 Å². The van der Waals surface area contributed by atoms with Gasteiger partial charge in [-0.3, -0.25) is 14.6 Å². The van der Waals surface area contributed by atoms with Crippen LogP contribution in [0.1, 0.15) is 49.0 Å². The highest BCUT2D eigenvalue weighted by Crippen LogP contribution is 2.35. The number of pyridine rings is 1. The van der Waals surface area contributed by atoms with Crippen LogP contribution >= 0.6 is 11.6 Å². The number of aromatic nitrogens is 2. The lowest BCUT2D eigenvalue weighted by atomic mass is 9.84. The molecule has 1 atom stereocenters. The minimum atomic E-state index is -0.452. The number of benzene rings is 1. The number of hydrogen-bond acceptors (Lipinski definition) is 4. The Morgan fingerprint density at radius 2 is 2.03 bits per heavy atom. The van der Waals surface area contributed by atoms with Crippen LogP contribution in [0.4, 0.5) is 4.39 Å². The van der Waals surface area contributed by atoms with Crippen molar-refractivity contribution in [3.63, 3.8) is 0 Å². The molecule has 1 aliphatic heterocycles. The number of Topliss-reactive ketones (excluding diaryl/α,β-unsaturated/α-hetero) is 1. The molecule has 6 nitrogen and oxygen atoms in total. The van der Waals surface area contributed by atoms with E-state index in [-0.39, 0.29) is 11.9 Å². The Bertz CT molecular complexity index is 1310. The number of amides is 1. The standard InChI is InChI=1S/C28H32ClFN4O2/c1-17(2)32(3)28(36)23-11-21(30)4-5-25(23)34-16-20(27-24(29)12-31-13-26(27)34)8-18-6-7-33(14-18)15-19-9-22(35)10-19/h4-5,11-13,16-19H,6-10,14-15H2,1-3H3/t18-/m1/s1. The lowest BCUT2D eigenvalue weighted by molar-refractivity contribution is -0.127. The predicted molar refractivity (Wildman–Crippen MR) is 139 cm³/mol. The first kappa shape index (κ1) is 24.9. The number of hydrogen-bond donors (Lipinski definition) is 0. The van der Waals surface area contributed by atoms with Gasteiger partial charge in [0, 0.05) is 56.8 Å². The van der Waals surface area contributed by atoms with E-state index in [1.807, 2.05) is 24.6 Å². The molecule has 0 unspecified atom stereocenters. The second kappa shape index (κ2) is 9.94. The molecule has 2 aliphatic rings. The molecule has 1 aliphatic carbocycles. The monoisotopic (exact) mass is 510 g/mol. The average Bonchev–Trinajstić information content (AvgIpc) is 3.42. The Labute approximate surface area is 216 Å². The minimum absolute atomic E-state index is 0.0231. The third-order valence-electron chi connectivity index (χ3n) is 7.72. The largest absolute Gasteiger partial charge is 0.339 e. The number of carbonyl (C=O) groups excluding carboxylic acids is 2. The zero-order valence-corrected chi connectivity index (χ0v) is 21.8. The van der Waals surface area contributed by atoms with Crippen LogP contribution in [0.15, 0.2) is 36.8 Å². The Balaban J connectivity index is 1.47. The van der Waals surface area contributed by atoms with E-state index >= 15 is 0 Å². The normalized spacial score (nSPS) is 18.8. The molecule has 3 heterocycles. The van der Waals surface area contributed by atoms with Crippen molar-refractivity contribution in [2.45, 2.75) is 45.6 Å². The maximum atomic E-state index is 14.3. The minimum Gasteiger partial charge on any atom is -0.339 e. The highest BCUT2D eigenvalue weighted by Gasteiger charge is 2.32. The van der Waals surface area contributed by atoms with Crippen molar-refractivity contribution >= 4 is 34.2 Å². The molecule has 0 radical (unpaired) electrons. The molecule has 2 fully saturated rings. The average molecular weight is 511 g/mol. The molecule has 0 N–H and O–H groups in total. The van der Waals surface area contributed by atoms with Crippen LogP contribution in [-0.4, -0.2) is 63.8 Å². The van der Waals surface area contributed by atoms with Gasteiger partial charge in [-0.25, -0.2) is 4.39 Å². The molecule has 190 valence electrons. The fraction of sp³-hybridized carbons (Fsp3) is 0.464. The van der Waals surface area contributed by atoms with E-state index in [0.717, 1.165) is 61.8 Å². The number of halogens is 2. The van der Waals surface area contributed by atoms with Crippen LogP contribution in [-0.2, 0) is 11.2 Å². The summed E-state index contributed by atoms with van der Waals surface area (Å²) in [6.07, 6.45) is 8.83. The maximum absolute atomic E-state index is 14.3. The maximum Gasteiger partial charge on any atom is 0.256 e. The SMILES string of the molecule is CC(C)N(C)C(=O)c1cc(F)ccc1-n1cc(C[C@H]2CCN(CC3CC(=O)C3)C2)c2c(Cl)cncc21. The number of likely N-dealkylation sites (tertiary alicyclic amines) is 1. The summed E-state index contributed by atoms with van der Waals surface area (Å²) in [6, 6.07) is 4.31. The van der Waals surface area contributed by atoms with E-state index in [1.165, 1.54) is 12.1 Å². The predicted octanol–water partition coefficient (Wildman–Crippen LogP) is 5.14. The molecule has 0 spiro atoms. The molecule has 0 bridgehead atoms. The number of nitrogens with zero attached hydrogens (tertiary/aromatic N) is 4. The molecule has 5 rings (SSSR count). The second-order valence-electron chi connectivity index (χ2n) is 10.6. The zero-order chi connectivity index (χ0) is 25.6. The van der Waals surface area contributed by atoms with Gasteiger partial charge in [0.25, 0.3) is 5.91 Å². The van der Waals surface area contributed by atoms with Crippen LogP contribution in [0.25, 0.3) is 16.6 Å². The summed E-state index contributed by atoms with van der Waals surface area (Å²) in [7, 11) is 1.73. The van der Waals surface area contributed by atoms with E-state index < -0.39 is 5.82 Å². The van der Waals surface area contributed by atoms with E-state index in [1.54, 1.807) is 30.4 Å². The Morgan fingerprint density at radius 1 is 1.25 bits per heavy atom. The van der Waals surface area contributed by atoms with Crippen LogP contribution in [0.3, 0.4) is 0 Å². The Hall–Kier alpha value is -2.77. The third kappa shape index (κ3) is 4.78. The summed E-state index contributed by atoms with van der Waals surface area (Å²) in [5.41, 5.74) is 2.81. The summed E-state index contributed by atoms with van der Waals surface area (Å²) >= 11 is 6.65. The molecule has 1 aromatic carbocycles. The zero-order valence-electron chi connectivity index (χ0n) is 21.0. The van der Waals surface area contributed by atoms with Crippen LogP contribution in [0, 0.1) is 17.7 Å². The van der Waals surface area contributed by atoms with Gasteiger partial charge in [-0.15, -0.1) is 0 Å². The van der Waals surface area contributed by atoms with Gasteiger partial charge < -0.3 is 14.4 Å². The van der Waals surface area contributed by atoms with Gasteiger partial charge >= 0.3 is 0 Å². The molecule has 1 amide bonds. The van der Waals surface area contributed by atoms with Crippen molar-refractivity contribution in [3.05, 3.63) is 58.8 Å². The highest BCUT2D eigenvalue weighted by molar-refractivity contribution is 6.35. The summed E-state index contributed by atoms with van der Waals surface area (Å²) in [5.74, 6) is 0.678. The van der Waals surface area contributed by atoms with E-state index in [2.05, 4.69) is 9.88 Å².